The van der Waals surface area contributed by atoms with Gasteiger partial charge in [-0.2, -0.15) is 13.2 Å². The van der Waals surface area contributed by atoms with Crippen molar-refractivity contribution in [3.05, 3.63) is 53.8 Å². The fraction of sp³-hybridized carbons (Fsp3) is 0.263. The van der Waals surface area contributed by atoms with Gasteiger partial charge in [0.05, 0.1) is 15.8 Å². The van der Waals surface area contributed by atoms with Crippen molar-refractivity contribution in [1.82, 2.24) is 9.88 Å². The molecule has 1 aliphatic heterocycles. The number of hydrogen-bond donors (Lipinski definition) is 1. The number of nitrogens with one attached hydrogen (secondary N) is 1. The number of nitrogens with zero attached hydrogens (tertiary/aromatic N) is 3. The molecular formula is C19H16F4N4OS. The van der Waals surface area contributed by atoms with E-state index < -0.39 is 17.8 Å². The van der Waals surface area contributed by atoms with Gasteiger partial charge in [-0.05, 0) is 36.4 Å². The predicted octanol–water partition coefficient (Wildman–Crippen LogP) is 4.81. The van der Waals surface area contributed by atoms with E-state index in [-0.39, 0.29) is 11.5 Å². The van der Waals surface area contributed by atoms with E-state index in [4.69, 9.17) is 0 Å². The molecule has 1 aromatic heterocycles. The maximum Gasteiger partial charge on any atom is 0.416 e. The van der Waals surface area contributed by atoms with Crippen molar-refractivity contribution in [1.29, 1.82) is 0 Å². The molecule has 152 valence electrons. The van der Waals surface area contributed by atoms with Gasteiger partial charge < -0.3 is 15.1 Å². The Morgan fingerprint density at radius 1 is 1.07 bits per heavy atom. The van der Waals surface area contributed by atoms with Crippen LogP contribution >= 0.6 is 11.3 Å². The molecule has 10 heteroatoms. The average molecular weight is 424 g/mol. The summed E-state index contributed by atoms with van der Waals surface area (Å²) in [5, 5.41) is 3.27. The van der Waals surface area contributed by atoms with Gasteiger partial charge in [0.25, 0.3) is 0 Å². The van der Waals surface area contributed by atoms with Gasteiger partial charge in [-0.3, -0.25) is 0 Å². The molecule has 0 unspecified atom stereocenters. The fourth-order valence-electron chi connectivity index (χ4n) is 3.10. The molecule has 0 radical (unpaired) electrons. The molecule has 0 aliphatic carbocycles. The van der Waals surface area contributed by atoms with Gasteiger partial charge in [0.15, 0.2) is 5.13 Å². The zero-order valence-electron chi connectivity index (χ0n) is 15.0. The van der Waals surface area contributed by atoms with E-state index in [0.717, 1.165) is 27.5 Å². The number of carbonyl (C=O) groups is 1. The summed E-state index contributed by atoms with van der Waals surface area (Å²) in [6.45, 7) is 1.85. The van der Waals surface area contributed by atoms with Gasteiger partial charge in [0, 0.05) is 31.9 Å². The summed E-state index contributed by atoms with van der Waals surface area (Å²) < 4.78 is 52.5. The van der Waals surface area contributed by atoms with Crippen LogP contribution in [0.15, 0.2) is 42.5 Å². The third-order valence-electron chi connectivity index (χ3n) is 4.62. The Labute approximate surface area is 167 Å². The molecule has 29 heavy (non-hydrogen) atoms. The second-order valence-electron chi connectivity index (χ2n) is 6.59. The largest absolute Gasteiger partial charge is 0.416 e. The molecule has 2 amide bonds. The van der Waals surface area contributed by atoms with Crippen LogP contribution in [0.4, 0.5) is 33.2 Å². The Kier molecular flexibility index (Phi) is 5.03. The van der Waals surface area contributed by atoms with Crippen molar-refractivity contribution >= 4 is 38.4 Å². The zero-order chi connectivity index (χ0) is 20.6. The number of fused-ring (bicyclic) bond motifs is 1. The van der Waals surface area contributed by atoms with Crippen LogP contribution in [0.25, 0.3) is 10.2 Å². The second-order valence-corrected chi connectivity index (χ2v) is 7.60. The fourth-order valence-corrected chi connectivity index (χ4v) is 4.14. The van der Waals surface area contributed by atoms with Crippen molar-refractivity contribution in [2.45, 2.75) is 6.18 Å². The molecule has 2 aromatic carbocycles. The summed E-state index contributed by atoms with van der Waals surface area (Å²) >= 11 is 1.38. The minimum atomic E-state index is -4.47. The molecule has 0 saturated carbocycles. The monoisotopic (exact) mass is 424 g/mol. The Morgan fingerprint density at radius 2 is 1.83 bits per heavy atom. The molecule has 4 rings (SSSR count). The van der Waals surface area contributed by atoms with Crippen LogP contribution < -0.4 is 10.2 Å². The Bertz CT molecular complexity index is 1040. The van der Waals surface area contributed by atoms with Gasteiger partial charge in [-0.1, -0.05) is 17.4 Å². The molecule has 1 N–H and O–H groups in total. The minimum Gasteiger partial charge on any atom is -0.345 e. The minimum absolute atomic E-state index is 0.0976. The van der Waals surface area contributed by atoms with E-state index in [9.17, 15) is 22.4 Å². The first-order chi connectivity index (χ1) is 13.8. The van der Waals surface area contributed by atoms with Crippen LogP contribution in [-0.2, 0) is 6.18 Å². The third-order valence-corrected chi connectivity index (χ3v) is 5.70. The molecule has 1 fully saturated rings. The maximum atomic E-state index is 13.3. The first kappa shape index (κ1) is 19.4. The van der Waals surface area contributed by atoms with Crippen molar-refractivity contribution in [3.63, 3.8) is 0 Å². The lowest BCUT2D eigenvalue weighted by Crippen LogP contribution is -2.50. The van der Waals surface area contributed by atoms with Crippen LogP contribution in [0.1, 0.15) is 5.56 Å². The first-order valence-electron chi connectivity index (χ1n) is 8.84. The number of piperazine rings is 1. The van der Waals surface area contributed by atoms with E-state index >= 15 is 0 Å². The summed E-state index contributed by atoms with van der Waals surface area (Å²) in [5.74, 6) is -0.316. The number of amides is 2. The van der Waals surface area contributed by atoms with Gasteiger partial charge >= 0.3 is 12.2 Å². The molecule has 1 aliphatic rings. The van der Waals surface area contributed by atoms with E-state index in [1.165, 1.54) is 35.6 Å². The second kappa shape index (κ2) is 7.51. The molecule has 1 saturated heterocycles. The Hall–Kier alpha value is -2.88. The average Bonchev–Trinajstić information content (AvgIpc) is 3.11. The molecule has 2 heterocycles. The lowest BCUT2D eigenvalue weighted by atomic mass is 10.2. The van der Waals surface area contributed by atoms with Gasteiger partial charge in [-0.15, -0.1) is 0 Å². The summed E-state index contributed by atoms with van der Waals surface area (Å²) in [5.41, 5.74) is 0.00367. The van der Waals surface area contributed by atoms with Crippen LogP contribution in [-0.4, -0.2) is 42.1 Å². The quantitative estimate of drug-likeness (QED) is 0.601. The molecule has 0 atom stereocenters. The number of hydrogen-bond acceptors (Lipinski definition) is 4. The predicted molar refractivity (Wildman–Crippen MR) is 104 cm³/mol. The summed E-state index contributed by atoms with van der Waals surface area (Å²) in [6.07, 6.45) is -4.47. The maximum absolute atomic E-state index is 13.3. The van der Waals surface area contributed by atoms with Gasteiger partial charge in [0.2, 0.25) is 0 Å². The first-order valence-corrected chi connectivity index (χ1v) is 9.65. The van der Waals surface area contributed by atoms with Crippen LogP contribution in [0.2, 0.25) is 0 Å². The number of urea groups is 1. The lowest BCUT2D eigenvalue weighted by molar-refractivity contribution is -0.137. The SMILES string of the molecule is O=C(Nc1cccc(C(F)(F)F)c1)N1CCN(c2nc3ccc(F)cc3s2)CC1. The van der Waals surface area contributed by atoms with Gasteiger partial charge in [0.1, 0.15) is 5.82 Å². The van der Waals surface area contributed by atoms with E-state index in [1.54, 1.807) is 11.0 Å². The highest BCUT2D eigenvalue weighted by Crippen LogP contribution is 2.31. The summed E-state index contributed by atoms with van der Waals surface area (Å²) in [7, 11) is 0. The third kappa shape index (κ3) is 4.26. The smallest absolute Gasteiger partial charge is 0.345 e. The normalized spacial score (nSPS) is 15.0. The highest BCUT2D eigenvalue weighted by Gasteiger charge is 2.31. The number of aromatic nitrogens is 1. The number of benzene rings is 2. The topological polar surface area (TPSA) is 48.5 Å². The van der Waals surface area contributed by atoms with E-state index in [0.29, 0.717) is 26.2 Å². The number of alkyl halides is 3. The van der Waals surface area contributed by atoms with Crippen molar-refractivity contribution in [2.75, 3.05) is 36.4 Å². The summed E-state index contributed by atoms with van der Waals surface area (Å²) in [6, 6.07) is 8.53. The molecule has 0 bridgehead atoms. The number of anilines is 2. The number of rotatable bonds is 2. The van der Waals surface area contributed by atoms with Gasteiger partial charge in [-0.25, -0.2) is 14.2 Å². The van der Waals surface area contributed by atoms with Crippen molar-refractivity contribution in [2.24, 2.45) is 0 Å². The highest BCUT2D eigenvalue weighted by atomic mass is 32.1. The Balaban J connectivity index is 1.38. The van der Waals surface area contributed by atoms with Crippen molar-refractivity contribution < 1.29 is 22.4 Å². The van der Waals surface area contributed by atoms with E-state index in [1.807, 2.05) is 4.90 Å². The highest BCUT2D eigenvalue weighted by molar-refractivity contribution is 7.22. The standard InChI is InChI=1S/C19H16F4N4OS/c20-13-4-5-15-16(11-13)29-18(25-15)27-8-6-26(7-9-27)17(28)24-14-3-1-2-12(10-14)19(21,22)23/h1-5,10-11H,6-9H2,(H,24,28). The van der Waals surface area contributed by atoms with Crippen LogP contribution in [0.3, 0.4) is 0 Å². The van der Waals surface area contributed by atoms with Crippen LogP contribution in [0, 0.1) is 5.82 Å². The molecule has 5 nitrogen and oxygen atoms in total. The van der Waals surface area contributed by atoms with Crippen molar-refractivity contribution in [3.8, 4) is 0 Å². The lowest BCUT2D eigenvalue weighted by Gasteiger charge is -2.34. The Morgan fingerprint density at radius 3 is 2.55 bits per heavy atom. The number of thiazole rings is 1. The summed E-state index contributed by atoms with van der Waals surface area (Å²) in [4.78, 5) is 20.5. The van der Waals surface area contributed by atoms with E-state index in [2.05, 4.69) is 10.3 Å². The molecular weight excluding hydrogens is 408 g/mol. The van der Waals surface area contributed by atoms with Crippen LogP contribution in [0.5, 0.6) is 0 Å². The molecule has 0 spiro atoms. The number of carbonyl (C=O) groups excluding carboxylic acids is 1. The number of halogens is 4. The molecule has 3 aromatic rings. The zero-order valence-corrected chi connectivity index (χ0v) is 15.9.